The molecule has 7 atom stereocenters. The SMILES string of the molecule is C[C@@H]1C[C@H]2[C@H]3CCC4=CC(=O)C=C[C@]4(C)[C@@]3(F)[C@@H](O)C[C@]2(C)C1=O. The molecule has 0 saturated heterocycles. The zero-order valence-corrected chi connectivity index (χ0v) is 14.5. The van der Waals surface area contributed by atoms with Gasteiger partial charge in [0.15, 0.2) is 11.5 Å². The summed E-state index contributed by atoms with van der Waals surface area (Å²) in [6, 6.07) is 0. The van der Waals surface area contributed by atoms with Gasteiger partial charge >= 0.3 is 0 Å². The van der Waals surface area contributed by atoms with Gasteiger partial charge in [-0.05, 0) is 50.7 Å². The fraction of sp³-hybridized carbons (Fsp3) is 0.700. The van der Waals surface area contributed by atoms with Crippen LogP contribution in [0.1, 0.15) is 46.5 Å². The highest BCUT2D eigenvalue weighted by atomic mass is 19.1. The Morgan fingerprint density at radius 3 is 2.67 bits per heavy atom. The maximum absolute atomic E-state index is 16.6. The molecule has 0 spiro atoms. The monoisotopic (exact) mass is 332 g/mol. The third kappa shape index (κ3) is 1.66. The maximum Gasteiger partial charge on any atom is 0.178 e. The van der Waals surface area contributed by atoms with Crippen molar-refractivity contribution in [3.63, 3.8) is 0 Å². The molecule has 4 rings (SSSR count). The van der Waals surface area contributed by atoms with E-state index in [1.54, 1.807) is 19.1 Å². The Balaban J connectivity index is 1.84. The first-order valence-electron chi connectivity index (χ1n) is 9.00. The topological polar surface area (TPSA) is 54.4 Å². The van der Waals surface area contributed by atoms with Crippen molar-refractivity contribution in [3.05, 3.63) is 23.8 Å². The first-order chi connectivity index (χ1) is 11.1. The molecule has 3 nitrogen and oxygen atoms in total. The summed E-state index contributed by atoms with van der Waals surface area (Å²) >= 11 is 0. The largest absolute Gasteiger partial charge is 0.390 e. The molecule has 0 aromatic rings. The molecular formula is C20H25FO3. The van der Waals surface area contributed by atoms with E-state index in [2.05, 4.69) is 0 Å². The molecule has 0 aromatic carbocycles. The molecule has 130 valence electrons. The summed E-state index contributed by atoms with van der Waals surface area (Å²) in [7, 11) is 0. The van der Waals surface area contributed by atoms with Crippen molar-refractivity contribution in [2.75, 3.05) is 0 Å². The molecular weight excluding hydrogens is 307 g/mol. The average molecular weight is 332 g/mol. The Morgan fingerprint density at radius 1 is 1.25 bits per heavy atom. The van der Waals surface area contributed by atoms with E-state index >= 15 is 4.39 Å². The fourth-order valence-corrected chi connectivity index (χ4v) is 6.33. The molecule has 1 N–H and O–H groups in total. The average Bonchev–Trinajstić information content (AvgIpc) is 2.74. The molecule has 0 unspecified atom stereocenters. The number of allylic oxidation sites excluding steroid dienone is 4. The molecule has 24 heavy (non-hydrogen) atoms. The first-order valence-corrected chi connectivity index (χ1v) is 9.00. The lowest BCUT2D eigenvalue weighted by Crippen LogP contribution is -2.66. The summed E-state index contributed by atoms with van der Waals surface area (Å²) in [6.45, 7) is 5.65. The highest BCUT2D eigenvalue weighted by Crippen LogP contribution is 2.67. The number of ketones is 2. The van der Waals surface area contributed by atoms with Gasteiger partial charge in [-0.2, -0.15) is 0 Å². The summed E-state index contributed by atoms with van der Waals surface area (Å²) in [6.07, 6.45) is 5.57. The normalized spacial score (nSPS) is 53.3. The first kappa shape index (κ1) is 16.2. The van der Waals surface area contributed by atoms with Gasteiger partial charge in [0.05, 0.1) is 6.10 Å². The summed E-state index contributed by atoms with van der Waals surface area (Å²) in [5.74, 6) is -0.375. The minimum atomic E-state index is -1.82. The standard InChI is InChI=1S/C20H25FO3/c1-11-8-15-14-5-4-12-9-13(22)6-7-19(12,3)20(14,21)16(23)10-18(15,2)17(11)24/h6-7,9,11,14-16,23H,4-5,8,10H2,1-3H3/t11-,14-,15+,16+,18+,19+,20+/m1/s1. The van der Waals surface area contributed by atoms with Crippen LogP contribution in [-0.2, 0) is 9.59 Å². The summed E-state index contributed by atoms with van der Waals surface area (Å²) in [5, 5.41) is 10.9. The molecule has 4 aliphatic carbocycles. The number of fused-ring (bicyclic) bond motifs is 5. The summed E-state index contributed by atoms with van der Waals surface area (Å²) in [4.78, 5) is 24.4. The van der Waals surface area contributed by atoms with Crippen LogP contribution in [0.5, 0.6) is 0 Å². The number of hydrogen-bond acceptors (Lipinski definition) is 3. The Labute approximate surface area is 142 Å². The number of hydrogen-bond donors (Lipinski definition) is 1. The predicted octanol–water partition coefficient (Wildman–Crippen LogP) is 3.17. The number of rotatable bonds is 0. The van der Waals surface area contributed by atoms with Crippen molar-refractivity contribution in [3.8, 4) is 0 Å². The molecule has 4 heteroatoms. The van der Waals surface area contributed by atoms with Gasteiger partial charge in [0, 0.05) is 22.7 Å². The van der Waals surface area contributed by atoms with Crippen LogP contribution in [0.2, 0.25) is 0 Å². The van der Waals surface area contributed by atoms with E-state index < -0.39 is 22.6 Å². The summed E-state index contributed by atoms with van der Waals surface area (Å²) in [5.41, 5.74) is -2.61. The van der Waals surface area contributed by atoms with E-state index in [4.69, 9.17) is 0 Å². The van der Waals surface area contributed by atoms with E-state index in [1.807, 2.05) is 13.8 Å². The number of aliphatic hydroxyl groups excluding tert-OH is 1. The van der Waals surface area contributed by atoms with Crippen LogP contribution in [0.4, 0.5) is 4.39 Å². The Morgan fingerprint density at radius 2 is 1.96 bits per heavy atom. The van der Waals surface area contributed by atoms with Gasteiger partial charge in [-0.1, -0.05) is 25.5 Å². The molecule has 3 fully saturated rings. The Hall–Kier alpha value is -1.29. The molecule has 0 aliphatic heterocycles. The number of Topliss-reactive ketones (excluding diaryl/α,β-unsaturated/α-hetero) is 1. The summed E-state index contributed by atoms with van der Waals surface area (Å²) < 4.78 is 16.6. The van der Waals surface area contributed by atoms with Gasteiger partial charge in [-0.3, -0.25) is 9.59 Å². The highest BCUT2D eigenvalue weighted by Gasteiger charge is 2.71. The van der Waals surface area contributed by atoms with Crippen LogP contribution in [0.15, 0.2) is 23.8 Å². The smallest absolute Gasteiger partial charge is 0.178 e. The van der Waals surface area contributed by atoms with E-state index in [-0.39, 0.29) is 35.7 Å². The lowest BCUT2D eigenvalue weighted by atomic mass is 9.46. The minimum absolute atomic E-state index is 0.0298. The van der Waals surface area contributed by atoms with E-state index in [9.17, 15) is 14.7 Å². The molecule has 0 bridgehead atoms. The molecule has 3 saturated carbocycles. The van der Waals surface area contributed by atoms with Gasteiger partial charge in [0.2, 0.25) is 0 Å². The van der Waals surface area contributed by atoms with Crippen LogP contribution in [-0.4, -0.2) is 28.4 Å². The zero-order valence-electron chi connectivity index (χ0n) is 14.5. The lowest BCUT2D eigenvalue weighted by Gasteiger charge is -2.60. The molecule has 0 heterocycles. The van der Waals surface area contributed by atoms with Gasteiger partial charge in [-0.25, -0.2) is 4.39 Å². The second-order valence-corrected chi connectivity index (χ2v) is 8.77. The number of carbonyl (C=O) groups is 2. The second-order valence-electron chi connectivity index (χ2n) is 8.77. The van der Waals surface area contributed by atoms with Crippen LogP contribution < -0.4 is 0 Å². The number of aliphatic hydroxyl groups is 1. The number of carbonyl (C=O) groups excluding carboxylic acids is 2. The Bertz CT molecular complexity index is 695. The van der Waals surface area contributed by atoms with Crippen LogP contribution in [0.25, 0.3) is 0 Å². The lowest BCUT2D eigenvalue weighted by molar-refractivity contribution is -0.190. The molecule has 0 aromatic heterocycles. The quantitative estimate of drug-likeness (QED) is 0.741. The third-order valence-corrected chi connectivity index (χ3v) is 7.65. The van der Waals surface area contributed by atoms with Crippen molar-refractivity contribution in [1.82, 2.24) is 0 Å². The fourth-order valence-electron chi connectivity index (χ4n) is 6.33. The van der Waals surface area contributed by atoms with Gasteiger partial charge in [0.1, 0.15) is 5.78 Å². The van der Waals surface area contributed by atoms with Crippen LogP contribution in [0, 0.1) is 28.6 Å². The highest BCUT2D eigenvalue weighted by molar-refractivity contribution is 6.01. The van der Waals surface area contributed by atoms with Gasteiger partial charge in [-0.15, -0.1) is 0 Å². The molecule has 4 aliphatic rings. The van der Waals surface area contributed by atoms with Crippen LogP contribution >= 0.6 is 0 Å². The van der Waals surface area contributed by atoms with Crippen molar-refractivity contribution >= 4 is 11.6 Å². The zero-order chi connectivity index (χ0) is 17.5. The minimum Gasteiger partial charge on any atom is -0.390 e. The number of halogens is 1. The second kappa shape index (κ2) is 4.66. The van der Waals surface area contributed by atoms with Crippen molar-refractivity contribution in [2.24, 2.45) is 28.6 Å². The van der Waals surface area contributed by atoms with Crippen molar-refractivity contribution < 1.29 is 19.1 Å². The van der Waals surface area contributed by atoms with Crippen molar-refractivity contribution in [1.29, 1.82) is 0 Å². The van der Waals surface area contributed by atoms with Gasteiger partial charge in [0.25, 0.3) is 0 Å². The third-order valence-electron chi connectivity index (χ3n) is 7.65. The van der Waals surface area contributed by atoms with Crippen LogP contribution in [0.3, 0.4) is 0 Å². The maximum atomic E-state index is 16.6. The van der Waals surface area contributed by atoms with Gasteiger partial charge < -0.3 is 5.11 Å². The van der Waals surface area contributed by atoms with E-state index in [0.29, 0.717) is 19.3 Å². The molecule has 0 radical (unpaired) electrons. The van der Waals surface area contributed by atoms with E-state index in [1.165, 1.54) is 6.08 Å². The number of alkyl halides is 1. The molecule has 0 amide bonds. The predicted molar refractivity (Wildman–Crippen MR) is 87.9 cm³/mol. The Kier molecular flexibility index (Phi) is 3.14. The van der Waals surface area contributed by atoms with E-state index in [0.717, 1.165) is 5.57 Å². The van der Waals surface area contributed by atoms with Crippen molar-refractivity contribution in [2.45, 2.75) is 58.2 Å².